The Morgan fingerprint density at radius 3 is 2.70 bits per heavy atom. The Hall–Kier alpha value is -1.39. The molecule has 1 fully saturated rings. The lowest BCUT2D eigenvalue weighted by Crippen LogP contribution is -2.51. The maximum atomic E-state index is 11.6. The fraction of sp³-hybridized carbons (Fsp3) is 0.421. The van der Waals surface area contributed by atoms with Gasteiger partial charge in [0.2, 0.25) is 0 Å². The van der Waals surface area contributed by atoms with Crippen molar-refractivity contribution in [2.45, 2.75) is 45.3 Å². The van der Waals surface area contributed by atoms with E-state index in [1.54, 1.807) is 12.5 Å². The van der Waals surface area contributed by atoms with Crippen LogP contribution in [0.15, 0.2) is 53.0 Å². The molecule has 2 aromatic rings. The molecule has 1 N–H and O–H groups in total. The van der Waals surface area contributed by atoms with Crippen LogP contribution in [0.5, 0.6) is 0 Å². The van der Waals surface area contributed by atoms with E-state index in [-0.39, 0.29) is 5.41 Å². The number of halogens is 1. The first kappa shape index (κ1) is 16.5. The van der Waals surface area contributed by atoms with Crippen LogP contribution < -0.4 is 0 Å². The minimum Gasteiger partial charge on any atom is -0.383 e. The molecule has 0 radical (unpaired) electrons. The molecule has 1 saturated carbocycles. The van der Waals surface area contributed by atoms with Crippen LogP contribution in [0.25, 0.3) is 6.08 Å². The van der Waals surface area contributed by atoms with E-state index < -0.39 is 5.60 Å². The maximum absolute atomic E-state index is 11.6. The van der Waals surface area contributed by atoms with Crippen LogP contribution in [0.4, 0.5) is 0 Å². The van der Waals surface area contributed by atoms with Gasteiger partial charge in [-0.3, -0.25) is 0 Å². The van der Waals surface area contributed by atoms with Crippen molar-refractivity contribution in [3.05, 3.63) is 58.6 Å². The zero-order valence-electron chi connectivity index (χ0n) is 13.7. The molecule has 0 aliphatic heterocycles. The van der Waals surface area contributed by atoms with Gasteiger partial charge in [0, 0.05) is 16.9 Å². The van der Waals surface area contributed by atoms with Gasteiger partial charge in [-0.25, -0.2) is 4.98 Å². The average molecular weight is 375 g/mol. The highest BCUT2D eigenvalue weighted by Crippen LogP contribution is 2.48. The van der Waals surface area contributed by atoms with E-state index >= 15 is 0 Å². The first-order valence-electron chi connectivity index (χ1n) is 8.05. The quantitative estimate of drug-likeness (QED) is 0.847. The van der Waals surface area contributed by atoms with Crippen molar-refractivity contribution in [1.82, 2.24) is 9.55 Å². The summed E-state index contributed by atoms with van der Waals surface area (Å²) in [4.78, 5) is 4.11. The summed E-state index contributed by atoms with van der Waals surface area (Å²) in [6.07, 6.45) is 10.7. The molecule has 0 bridgehead atoms. The minimum atomic E-state index is -0.862. The van der Waals surface area contributed by atoms with Gasteiger partial charge >= 0.3 is 0 Å². The second-order valence-corrected chi connectivity index (χ2v) is 7.97. The van der Waals surface area contributed by atoms with E-state index in [1.165, 1.54) is 0 Å². The average Bonchev–Trinajstić information content (AvgIpc) is 2.99. The van der Waals surface area contributed by atoms with Crippen LogP contribution in [0.2, 0.25) is 0 Å². The molecule has 0 spiro atoms. The number of nitrogens with zero attached hydrogens (tertiary/aromatic N) is 2. The van der Waals surface area contributed by atoms with Crippen LogP contribution in [0.3, 0.4) is 0 Å². The van der Waals surface area contributed by atoms with Crippen LogP contribution >= 0.6 is 15.9 Å². The molecule has 1 aromatic carbocycles. The first-order valence-corrected chi connectivity index (χ1v) is 8.85. The lowest BCUT2D eigenvalue weighted by atomic mass is 9.62. The number of aromatic nitrogens is 2. The van der Waals surface area contributed by atoms with Crippen LogP contribution in [0.1, 0.15) is 38.7 Å². The van der Waals surface area contributed by atoms with Crippen molar-refractivity contribution in [3.63, 3.8) is 0 Å². The number of aliphatic hydroxyl groups is 1. The molecule has 122 valence electrons. The van der Waals surface area contributed by atoms with Gasteiger partial charge in [0.25, 0.3) is 0 Å². The van der Waals surface area contributed by atoms with Gasteiger partial charge in [0.15, 0.2) is 0 Å². The van der Waals surface area contributed by atoms with Crippen molar-refractivity contribution < 1.29 is 5.11 Å². The zero-order valence-corrected chi connectivity index (χ0v) is 15.3. The fourth-order valence-corrected chi connectivity index (χ4v) is 3.75. The monoisotopic (exact) mass is 374 g/mol. The first-order chi connectivity index (χ1) is 10.9. The fourth-order valence-electron chi connectivity index (χ4n) is 3.48. The lowest BCUT2D eigenvalue weighted by Gasteiger charge is -2.48. The smallest absolute Gasteiger partial charge is 0.109 e. The molecule has 1 aliphatic rings. The lowest BCUT2D eigenvalue weighted by molar-refractivity contribution is -0.0670. The molecule has 3 rings (SSSR count). The Labute approximate surface area is 146 Å². The van der Waals surface area contributed by atoms with E-state index in [0.717, 1.165) is 34.9 Å². The summed E-state index contributed by atoms with van der Waals surface area (Å²) in [6, 6.07) is 8.23. The molecule has 1 heterocycles. The molecular formula is C19H23BrN2O. The Morgan fingerprint density at radius 2 is 2.04 bits per heavy atom. The summed E-state index contributed by atoms with van der Waals surface area (Å²) < 4.78 is 3.04. The SMILES string of the molecule is CC1(C)CCC/C(=C\c2ccc(Br)cc2)[C@@]1(O)Cn1ccnc1. The van der Waals surface area contributed by atoms with Gasteiger partial charge in [0.05, 0.1) is 12.9 Å². The minimum absolute atomic E-state index is 0.170. The third-order valence-corrected chi connectivity index (χ3v) is 5.61. The van der Waals surface area contributed by atoms with E-state index in [9.17, 15) is 5.11 Å². The maximum Gasteiger partial charge on any atom is 0.109 e. The number of imidazole rings is 1. The molecule has 0 unspecified atom stereocenters. The van der Waals surface area contributed by atoms with Crippen LogP contribution in [-0.4, -0.2) is 20.3 Å². The van der Waals surface area contributed by atoms with Crippen molar-refractivity contribution in [2.75, 3.05) is 0 Å². The highest BCUT2D eigenvalue weighted by Gasteiger charge is 2.48. The molecular weight excluding hydrogens is 352 g/mol. The normalized spacial score (nSPS) is 25.7. The molecule has 3 nitrogen and oxygen atoms in total. The molecule has 0 amide bonds. The Morgan fingerprint density at radius 1 is 1.30 bits per heavy atom. The standard InChI is InChI=1S/C19H23BrN2O/c1-18(2)9-3-4-16(12-15-5-7-17(20)8-6-15)19(18,23)13-22-11-10-21-14-22/h5-8,10-12,14,23H,3-4,9,13H2,1-2H3/b16-12+/t19-/m0/s1. The molecule has 4 heteroatoms. The number of hydrogen-bond acceptors (Lipinski definition) is 2. The van der Waals surface area contributed by atoms with Crippen LogP contribution in [-0.2, 0) is 6.54 Å². The third-order valence-electron chi connectivity index (χ3n) is 5.08. The van der Waals surface area contributed by atoms with Gasteiger partial charge < -0.3 is 9.67 Å². The van der Waals surface area contributed by atoms with Crippen molar-refractivity contribution in [3.8, 4) is 0 Å². The van der Waals surface area contributed by atoms with E-state index in [0.29, 0.717) is 6.54 Å². The molecule has 23 heavy (non-hydrogen) atoms. The highest BCUT2D eigenvalue weighted by atomic mass is 79.9. The molecule has 1 aliphatic carbocycles. The van der Waals surface area contributed by atoms with Crippen molar-refractivity contribution >= 4 is 22.0 Å². The van der Waals surface area contributed by atoms with Gasteiger partial charge in [-0.05, 0) is 47.9 Å². The van der Waals surface area contributed by atoms with Gasteiger partial charge in [-0.2, -0.15) is 0 Å². The molecule has 0 saturated heterocycles. The topological polar surface area (TPSA) is 38.0 Å². The highest BCUT2D eigenvalue weighted by molar-refractivity contribution is 9.10. The summed E-state index contributed by atoms with van der Waals surface area (Å²) in [6.45, 7) is 4.87. The second kappa shape index (κ2) is 6.25. The van der Waals surface area contributed by atoms with Gasteiger partial charge in [0.1, 0.15) is 5.60 Å². The summed E-state index contributed by atoms with van der Waals surface area (Å²) in [7, 11) is 0. The molecule has 1 atom stereocenters. The predicted molar refractivity (Wildman–Crippen MR) is 96.9 cm³/mol. The summed E-state index contributed by atoms with van der Waals surface area (Å²) in [5, 5.41) is 11.6. The molecule has 1 aromatic heterocycles. The van der Waals surface area contributed by atoms with E-state index in [2.05, 4.69) is 53.0 Å². The number of benzene rings is 1. The summed E-state index contributed by atoms with van der Waals surface area (Å²) in [5.74, 6) is 0. The Bertz CT molecular complexity index is 689. The predicted octanol–water partition coefficient (Wildman–Crippen LogP) is 4.67. The Balaban J connectivity index is 2.00. The summed E-state index contributed by atoms with van der Waals surface area (Å²) in [5.41, 5.74) is 1.21. The second-order valence-electron chi connectivity index (χ2n) is 7.05. The van der Waals surface area contributed by atoms with Gasteiger partial charge in [-0.1, -0.05) is 48.0 Å². The number of hydrogen-bond donors (Lipinski definition) is 1. The zero-order chi connectivity index (χ0) is 16.5. The largest absolute Gasteiger partial charge is 0.383 e. The van der Waals surface area contributed by atoms with Crippen LogP contribution in [0, 0.1) is 5.41 Å². The van der Waals surface area contributed by atoms with E-state index in [4.69, 9.17) is 0 Å². The van der Waals surface area contributed by atoms with Crippen molar-refractivity contribution in [2.24, 2.45) is 5.41 Å². The van der Waals surface area contributed by atoms with E-state index in [1.807, 2.05) is 22.9 Å². The van der Waals surface area contributed by atoms with Gasteiger partial charge in [-0.15, -0.1) is 0 Å². The Kier molecular flexibility index (Phi) is 4.47. The van der Waals surface area contributed by atoms with Crippen molar-refractivity contribution in [1.29, 1.82) is 0 Å². The number of rotatable bonds is 3. The third kappa shape index (κ3) is 3.29. The summed E-state index contributed by atoms with van der Waals surface area (Å²) >= 11 is 3.47.